The minimum Gasteiger partial charge on any atom is -0.386 e. The van der Waals surface area contributed by atoms with E-state index >= 15 is 0 Å². The van der Waals surface area contributed by atoms with Crippen LogP contribution in [0.2, 0.25) is 0 Å². The van der Waals surface area contributed by atoms with E-state index in [0.717, 1.165) is 59.0 Å². The molecule has 1 aliphatic carbocycles. The molecule has 1 saturated carbocycles. The van der Waals surface area contributed by atoms with Crippen LogP contribution in [0.15, 0.2) is 36.7 Å². The number of aliphatic hydroxyl groups is 1. The molecule has 1 aromatic carbocycles. The van der Waals surface area contributed by atoms with Crippen LogP contribution in [0, 0.1) is 26.7 Å². The standard InChI is InChI=1S/C27H31F2N7O/c1-15-24(19-8-10-20(11-9-19)25(28)29)34-35(13-18-6-7-18)26(15)32-21-12-22(31-14-30-21)36-17(3)23(16(2)33-36)27(4,5)37/h8-12,14,18,25,37H,6-7,13H2,1-5H3,(H,30,31,32). The highest BCUT2D eigenvalue weighted by atomic mass is 19.3. The third-order valence-corrected chi connectivity index (χ3v) is 6.77. The molecule has 8 nitrogen and oxygen atoms in total. The highest BCUT2D eigenvalue weighted by molar-refractivity contribution is 5.71. The topological polar surface area (TPSA) is 93.7 Å². The van der Waals surface area contributed by atoms with Crippen molar-refractivity contribution >= 4 is 11.6 Å². The highest BCUT2D eigenvalue weighted by Gasteiger charge is 2.27. The molecule has 0 saturated heterocycles. The average molecular weight is 508 g/mol. The lowest BCUT2D eigenvalue weighted by Crippen LogP contribution is -2.18. The fraction of sp³-hybridized carbons (Fsp3) is 0.407. The summed E-state index contributed by atoms with van der Waals surface area (Å²) in [6.07, 6.45) is 1.29. The number of anilines is 2. The normalized spacial score (nSPS) is 14.0. The number of alkyl halides is 2. The zero-order chi connectivity index (χ0) is 26.5. The molecular weight excluding hydrogens is 476 g/mol. The Bertz CT molecular complexity index is 1430. The molecule has 2 N–H and O–H groups in total. The van der Waals surface area contributed by atoms with Gasteiger partial charge in [0, 0.05) is 40.6 Å². The third-order valence-electron chi connectivity index (χ3n) is 6.77. The summed E-state index contributed by atoms with van der Waals surface area (Å²) in [5, 5.41) is 23.5. The van der Waals surface area contributed by atoms with E-state index < -0.39 is 12.0 Å². The van der Waals surface area contributed by atoms with Gasteiger partial charge in [-0.15, -0.1) is 0 Å². The molecule has 3 heterocycles. The number of hydrogen-bond acceptors (Lipinski definition) is 6. The molecule has 194 valence electrons. The van der Waals surface area contributed by atoms with E-state index in [9.17, 15) is 13.9 Å². The Balaban J connectivity index is 1.50. The van der Waals surface area contributed by atoms with Gasteiger partial charge in [-0.2, -0.15) is 10.2 Å². The Morgan fingerprint density at radius 3 is 2.38 bits per heavy atom. The maximum absolute atomic E-state index is 13.0. The van der Waals surface area contributed by atoms with Crippen LogP contribution in [0.1, 0.15) is 61.2 Å². The van der Waals surface area contributed by atoms with Crippen molar-refractivity contribution in [3.8, 4) is 17.1 Å². The predicted molar refractivity (Wildman–Crippen MR) is 137 cm³/mol. The van der Waals surface area contributed by atoms with E-state index in [2.05, 4.69) is 20.4 Å². The zero-order valence-electron chi connectivity index (χ0n) is 21.6. The molecule has 0 unspecified atom stereocenters. The first kappa shape index (κ1) is 25.0. The van der Waals surface area contributed by atoms with Crippen LogP contribution in [0.3, 0.4) is 0 Å². The quantitative estimate of drug-likeness (QED) is 0.315. The Hall–Kier alpha value is -3.66. The highest BCUT2D eigenvalue weighted by Crippen LogP contribution is 2.36. The summed E-state index contributed by atoms with van der Waals surface area (Å²) >= 11 is 0. The molecule has 0 amide bonds. The first-order chi connectivity index (χ1) is 17.5. The van der Waals surface area contributed by atoms with Crippen LogP contribution < -0.4 is 5.32 Å². The molecule has 0 spiro atoms. The lowest BCUT2D eigenvalue weighted by atomic mass is 9.96. The molecule has 37 heavy (non-hydrogen) atoms. The van der Waals surface area contributed by atoms with Crippen LogP contribution in [0.25, 0.3) is 17.1 Å². The minimum absolute atomic E-state index is 0.0115. The summed E-state index contributed by atoms with van der Waals surface area (Å²) in [6, 6.07) is 8.07. The third kappa shape index (κ3) is 4.98. The van der Waals surface area contributed by atoms with Crippen molar-refractivity contribution < 1.29 is 13.9 Å². The van der Waals surface area contributed by atoms with Gasteiger partial charge < -0.3 is 10.4 Å². The van der Waals surface area contributed by atoms with Crippen LogP contribution in [-0.2, 0) is 12.1 Å². The molecule has 0 aliphatic heterocycles. The average Bonchev–Trinajstić information content (AvgIpc) is 3.54. The number of aromatic nitrogens is 6. The van der Waals surface area contributed by atoms with Crippen LogP contribution in [0.5, 0.6) is 0 Å². The molecule has 4 aromatic rings. The Kier molecular flexibility index (Phi) is 6.31. The number of benzene rings is 1. The molecule has 1 aliphatic rings. The lowest BCUT2D eigenvalue weighted by molar-refractivity contribution is 0.0772. The van der Waals surface area contributed by atoms with E-state index in [0.29, 0.717) is 17.6 Å². The molecule has 1 fully saturated rings. The monoisotopic (exact) mass is 507 g/mol. The van der Waals surface area contributed by atoms with E-state index in [1.165, 1.54) is 18.5 Å². The van der Waals surface area contributed by atoms with Gasteiger partial charge in [0.1, 0.15) is 18.0 Å². The zero-order valence-corrected chi connectivity index (χ0v) is 21.6. The van der Waals surface area contributed by atoms with Gasteiger partial charge in [0.05, 0.1) is 17.0 Å². The molecule has 10 heteroatoms. The van der Waals surface area contributed by atoms with Gasteiger partial charge in [-0.05, 0) is 53.4 Å². The van der Waals surface area contributed by atoms with E-state index in [1.807, 2.05) is 25.5 Å². The number of aryl methyl sites for hydroxylation is 1. The van der Waals surface area contributed by atoms with Crippen molar-refractivity contribution in [2.75, 3.05) is 5.32 Å². The van der Waals surface area contributed by atoms with Crippen molar-refractivity contribution in [1.29, 1.82) is 0 Å². The summed E-state index contributed by atoms with van der Waals surface area (Å²) in [5.41, 5.74) is 3.69. The molecule has 0 radical (unpaired) electrons. The predicted octanol–water partition coefficient (Wildman–Crippen LogP) is 5.77. The van der Waals surface area contributed by atoms with Crippen LogP contribution in [0.4, 0.5) is 20.4 Å². The van der Waals surface area contributed by atoms with Gasteiger partial charge in [0.25, 0.3) is 6.43 Å². The maximum Gasteiger partial charge on any atom is 0.263 e. The van der Waals surface area contributed by atoms with E-state index in [1.54, 1.807) is 36.7 Å². The molecule has 0 atom stereocenters. The second kappa shape index (κ2) is 9.33. The summed E-state index contributed by atoms with van der Waals surface area (Å²) in [6.45, 7) is 9.99. The minimum atomic E-state index is -2.51. The number of nitrogens with one attached hydrogen (secondary N) is 1. The number of hydrogen-bond donors (Lipinski definition) is 2. The first-order valence-corrected chi connectivity index (χ1v) is 12.4. The van der Waals surface area contributed by atoms with Crippen molar-refractivity contribution in [2.24, 2.45) is 5.92 Å². The molecule has 5 rings (SSSR count). The fourth-order valence-electron chi connectivity index (χ4n) is 4.85. The molecular formula is C27H31F2N7O. The number of halogens is 2. The Labute approximate surface area is 214 Å². The fourth-order valence-corrected chi connectivity index (χ4v) is 4.85. The number of nitrogens with zero attached hydrogens (tertiary/aromatic N) is 6. The summed E-state index contributed by atoms with van der Waals surface area (Å²) in [5.74, 6) is 2.52. The van der Waals surface area contributed by atoms with Crippen LogP contribution >= 0.6 is 0 Å². The first-order valence-electron chi connectivity index (χ1n) is 12.4. The van der Waals surface area contributed by atoms with Gasteiger partial charge in [-0.25, -0.2) is 28.1 Å². The Morgan fingerprint density at radius 1 is 1.08 bits per heavy atom. The largest absolute Gasteiger partial charge is 0.386 e. The van der Waals surface area contributed by atoms with E-state index in [4.69, 9.17) is 5.10 Å². The smallest absolute Gasteiger partial charge is 0.263 e. The Morgan fingerprint density at radius 2 is 1.78 bits per heavy atom. The van der Waals surface area contributed by atoms with Gasteiger partial charge >= 0.3 is 0 Å². The summed E-state index contributed by atoms with van der Waals surface area (Å²) in [7, 11) is 0. The van der Waals surface area contributed by atoms with Crippen molar-refractivity contribution in [3.05, 3.63) is 64.7 Å². The summed E-state index contributed by atoms with van der Waals surface area (Å²) in [4.78, 5) is 8.83. The lowest BCUT2D eigenvalue weighted by Gasteiger charge is -2.18. The van der Waals surface area contributed by atoms with Gasteiger partial charge in [0.2, 0.25) is 0 Å². The van der Waals surface area contributed by atoms with Gasteiger partial charge in [-0.3, -0.25) is 0 Å². The van der Waals surface area contributed by atoms with Gasteiger partial charge in [0.15, 0.2) is 5.82 Å². The molecule has 3 aromatic heterocycles. The van der Waals surface area contributed by atoms with Crippen LogP contribution in [-0.4, -0.2) is 34.6 Å². The van der Waals surface area contributed by atoms with Crippen molar-refractivity contribution in [2.45, 2.75) is 66.0 Å². The maximum atomic E-state index is 13.0. The second-order valence-corrected chi connectivity index (χ2v) is 10.3. The van der Waals surface area contributed by atoms with Crippen molar-refractivity contribution in [1.82, 2.24) is 29.5 Å². The van der Waals surface area contributed by atoms with Crippen molar-refractivity contribution in [3.63, 3.8) is 0 Å². The van der Waals surface area contributed by atoms with E-state index in [-0.39, 0.29) is 5.56 Å². The summed E-state index contributed by atoms with van der Waals surface area (Å²) < 4.78 is 29.7. The van der Waals surface area contributed by atoms with Gasteiger partial charge in [-0.1, -0.05) is 24.3 Å². The molecule has 0 bridgehead atoms. The SMILES string of the molecule is Cc1nn(-c2cc(Nc3c(C)c(-c4ccc(C(F)F)cc4)nn3CC3CC3)ncn2)c(C)c1C(C)(C)O. The second-order valence-electron chi connectivity index (χ2n) is 10.3. The number of rotatable bonds is 8.